The van der Waals surface area contributed by atoms with E-state index < -0.39 is 0 Å². The molecule has 1 aliphatic rings. The Morgan fingerprint density at radius 1 is 1.20 bits per heavy atom. The number of aryl methyl sites for hydroxylation is 2. The number of fused-ring (bicyclic) bond motifs is 1. The lowest BCUT2D eigenvalue weighted by molar-refractivity contribution is 0.631. The van der Waals surface area contributed by atoms with Gasteiger partial charge in [0.1, 0.15) is 0 Å². The molecule has 0 saturated carbocycles. The van der Waals surface area contributed by atoms with Crippen LogP contribution >= 0.6 is 11.8 Å². The summed E-state index contributed by atoms with van der Waals surface area (Å²) in [4.78, 5) is 1.41. The van der Waals surface area contributed by atoms with Gasteiger partial charge >= 0.3 is 0 Å². The molecule has 1 aliphatic heterocycles. The van der Waals surface area contributed by atoms with E-state index in [-0.39, 0.29) is 6.04 Å². The van der Waals surface area contributed by atoms with Crippen LogP contribution in [0.5, 0.6) is 0 Å². The lowest BCUT2D eigenvalue weighted by atomic mass is 9.96. The molecule has 0 fully saturated rings. The molecule has 1 nitrogen and oxygen atoms in total. The third kappa shape index (κ3) is 2.77. The van der Waals surface area contributed by atoms with E-state index in [4.69, 9.17) is 5.73 Å². The highest BCUT2D eigenvalue weighted by Gasteiger charge is 2.27. The highest BCUT2D eigenvalue weighted by Crippen LogP contribution is 2.38. The van der Waals surface area contributed by atoms with Gasteiger partial charge in [0.2, 0.25) is 0 Å². The maximum absolute atomic E-state index is 6.49. The first kappa shape index (κ1) is 13.7. The average Bonchev–Trinajstić information content (AvgIpc) is 2.87. The average molecular weight is 283 g/mol. The third-order valence-electron chi connectivity index (χ3n) is 4.11. The van der Waals surface area contributed by atoms with E-state index >= 15 is 0 Å². The smallest absolute Gasteiger partial charge is 0.0290 e. The molecule has 0 amide bonds. The maximum Gasteiger partial charge on any atom is 0.0290 e. The summed E-state index contributed by atoms with van der Waals surface area (Å²) in [6.45, 7) is 4.33. The third-order valence-corrected chi connectivity index (χ3v) is 5.58. The Morgan fingerprint density at radius 2 is 2.00 bits per heavy atom. The number of rotatable bonds is 3. The zero-order valence-corrected chi connectivity index (χ0v) is 12.9. The molecule has 2 aromatic rings. The summed E-state index contributed by atoms with van der Waals surface area (Å²) in [5.74, 6) is 0. The van der Waals surface area contributed by atoms with Crippen LogP contribution in [0.15, 0.2) is 47.4 Å². The van der Waals surface area contributed by atoms with Gasteiger partial charge in [-0.3, -0.25) is 0 Å². The fraction of sp³-hybridized carbons (Fsp3) is 0.333. The molecule has 2 heteroatoms. The second kappa shape index (κ2) is 5.63. The van der Waals surface area contributed by atoms with Gasteiger partial charge in [0, 0.05) is 16.2 Å². The Balaban J connectivity index is 1.72. The van der Waals surface area contributed by atoms with Gasteiger partial charge < -0.3 is 5.73 Å². The van der Waals surface area contributed by atoms with Crippen LogP contribution in [0.2, 0.25) is 0 Å². The Kier molecular flexibility index (Phi) is 3.86. The first-order valence-electron chi connectivity index (χ1n) is 7.20. The highest BCUT2D eigenvalue weighted by atomic mass is 32.2. The summed E-state index contributed by atoms with van der Waals surface area (Å²) in [5, 5.41) is 0.507. The first-order valence-corrected chi connectivity index (χ1v) is 8.08. The molecule has 3 rings (SSSR count). The normalized spacial score (nSPS) is 18.9. The topological polar surface area (TPSA) is 26.0 Å². The molecule has 2 atom stereocenters. The number of hydrogen-bond acceptors (Lipinski definition) is 2. The summed E-state index contributed by atoms with van der Waals surface area (Å²) in [6, 6.07) is 15.5. The van der Waals surface area contributed by atoms with E-state index in [2.05, 4.69) is 56.3 Å². The van der Waals surface area contributed by atoms with Crippen LogP contribution in [-0.4, -0.2) is 11.3 Å². The lowest BCUT2D eigenvalue weighted by Crippen LogP contribution is -2.34. The van der Waals surface area contributed by atoms with Crippen LogP contribution in [0.3, 0.4) is 0 Å². The summed E-state index contributed by atoms with van der Waals surface area (Å²) in [6.07, 6.45) is 2.08. The predicted octanol–water partition coefficient (Wildman–Crippen LogP) is 3.89. The van der Waals surface area contributed by atoms with Crippen LogP contribution < -0.4 is 5.73 Å². The molecule has 0 radical (unpaired) electrons. The SMILES string of the molecule is Cc1ccc(C)c(CC(N)C2Cc3ccccc3S2)c1. The number of hydrogen-bond donors (Lipinski definition) is 1. The van der Waals surface area contributed by atoms with E-state index in [0.29, 0.717) is 5.25 Å². The largest absolute Gasteiger partial charge is 0.326 e. The van der Waals surface area contributed by atoms with Crippen molar-refractivity contribution in [2.24, 2.45) is 5.73 Å². The van der Waals surface area contributed by atoms with Crippen molar-refractivity contribution in [2.75, 3.05) is 0 Å². The lowest BCUT2D eigenvalue weighted by Gasteiger charge is -2.19. The molecule has 0 aromatic heterocycles. The highest BCUT2D eigenvalue weighted by molar-refractivity contribution is 8.00. The van der Waals surface area contributed by atoms with Crippen LogP contribution in [0.1, 0.15) is 22.3 Å². The molecule has 20 heavy (non-hydrogen) atoms. The van der Waals surface area contributed by atoms with E-state index in [1.54, 1.807) is 0 Å². The molecule has 104 valence electrons. The van der Waals surface area contributed by atoms with Gasteiger partial charge in [-0.05, 0) is 49.4 Å². The number of thioether (sulfide) groups is 1. The van der Waals surface area contributed by atoms with Crippen molar-refractivity contribution in [2.45, 2.75) is 42.9 Å². The minimum absolute atomic E-state index is 0.216. The van der Waals surface area contributed by atoms with Crippen LogP contribution in [0.25, 0.3) is 0 Å². The van der Waals surface area contributed by atoms with Gasteiger partial charge in [-0.15, -0.1) is 11.8 Å². The second-order valence-electron chi connectivity index (χ2n) is 5.77. The minimum Gasteiger partial charge on any atom is -0.326 e. The molecule has 0 spiro atoms. The Bertz CT molecular complexity index is 596. The first-order chi connectivity index (χ1) is 9.63. The zero-order chi connectivity index (χ0) is 14.1. The van der Waals surface area contributed by atoms with Gasteiger partial charge in [-0.2, -0.15) is 0 Å². The second-order valence-corrected chi connectivity index (χ2v) is 7.05. The van der Waals surface area contributed by atoms with Crippen molar-refractivity contribution >= 4 is 11.8 Å². The van der Waals surface area contributed by atoms with Crippen molar-refractivity contribution in [1.29, 1.82) is 0 Å². The van der Waals surface area contributed by atoms with Gasteiger partial charge in [0.25, 0.3) is 0 Å². The molecule has 0 aliphatic carbocycles. The maximum atomic E-state index is 6.49. The van der Waals surface area contributed by atoms with Gasteiger partial charge in [-0.1, -0.05) is 42.0 Å². The zero-order valence-electron chi connectivity index (χ0n) is 12.1. The van der Waals surface area contributed by atoms with Gasteiger partial charge in [0.15, 0.2) is 0 Å². The fourth-order valence-corrected chi connectivity index (χ4v) is 4.17. The molecule has 0 bridgehead atoms. The Labute approximate surface area is 125 Å². The van der Waals surface area contributed by atoms with E-state index in [0.717, 1.165) is 12.8 Å². The molecule has 2 unspecified atom stereocenters. The molecule has 0 saturated heterocycles. The fourth-order valence-electron chi connectivity index (χ4n) is 2.85. The summed E-state index contributed by atoms with van der Waals surface area (Å²) in [7, 11) is 0. The summed E-state index contributed by atoms with van der Waals surface area (Å²) in [5.41, 5.74) is 12.0. The number of nitrogens with two attached hydrogens (primary N) is 1. The molecular weight excluding hydrogens is 262 g/mol. The van der Waals surface area contributed by atoms with Crippen LogP contribution in [0, 0.1) is 13.8 Å². The summed E-state index contributed by atoms with van der Waals surface area (Å²) >= 11 is 1.95. The van der Waals surface area contributed by atoms with Crippen LogP contribution in [-0.2, 0) is 12.8 Å². The minimum atomic E-state index is 0.216. The quantitative estimate of drug-likeness (QED) is 0.925. The van der Waals surface area contributed by atoms with Crippen molar-refractivity contribution in [1.82, 2.24) is 0 Å². The van der Waals surface area contributed by atoms with E-state index in [1.165, 1.54) is 27.1 Å². The Hall–Kier alpha value is -1.25. The molecular formula is C18H21NS. The Morgan fingerprint density at radius 3 is 2.80 bits per heavy atom. The van der Waals surface area contributed by atoms with Gasteiger partial charge in [-0.25, -0.2) is 0 Å². The molecule has 2 N–H and O–H groups in total. The molecule has 1 heterocycles. The van der Waals surface area contributed by atoms with E-state index in [1.807, 2.05) is 11.8 Å². The van der Waals surface area contributed by atoms with Crippen molar-refractivity contribution in [3.63, 3.8) is 0 Å². The monoisotopic (exact) mass is 283 g/mol. The van der Waals surface area contributed by atoms with Crippen molar-refractivity contribution < 1.29 is 0 Å². The van der Waals surface area contributed by atoms with Crippen molar-refractivity contribution in [3.05, 3.63) is 64.7 Å². The number of benzene rings is 2. The standard InChI is InChI=1S/C18H21NS/c1-12-7-8-13(2)15(9-12)10-16(19)18-11-14-5-3-4-6-17(14)20-18/h3-9,16,18H,10-11,19H2,1-2H3. The van der Waals surface area contributed by atoms with Crippen LogP contribution in [0.4, 0.5) is 0 Å². The predicted molar refractivity (Wildman–Crippen MR) is 87.4 cm³/mol. The van der Waals surface area contributed by atoms with E-state index in [9.17, 15) is 0 Å². The molecule has 2 aromatic carbocycles. The van der Waals surface area contributed by atoms with Gasteiger partial charge in [0.05, 0.1) is 0 Å². The van der Waals surface area contributed by atoms with Crippen molar-refractivity contribution in [3.8, 4) is 0 Å². The summed E-state index contributed by atoms with van der Waals surface area (Å²) < 4.78 is 0.